The minimum atomic E-state index is 0.325. The van der Waals surface area contributed by atoms with Crippen molar-refractivity contribution in [3.63, 3.8) is 0 Å². The van der Waals surface area contributed by atoms with Crippen molar-refractivity contribution in [2.45, 2.75) is 39.0 Å². The second-order valence-electron chi connectivity index (χ2n) is 6.65. The summed E-state index contributed by atoms with van der Waals surface area (Å²) in [6, 6.07) is 4.19. The van der Waals surface area contributed by atoms with Crippen molar-refractivity contribution in [2.75, 3.05) is 39.4 Å². The van der Waals surface area contributed by atoms with E-state index in [9.17, 15) is 0 Å². The molecule has 134 valence electrons. The third kappa shape index (κ3) is 4.85. The molecule has 0 radical (unpaired) electrons. The van der Waals surface area contributed by atoms with Crippen LogP contribution in [0.1, 0.15) is 25.8 Å². The zero-order valence-corrected chi connectivity index (χ0v) is 16.1. The number of halogens is 1. The van der Waals surface area contributed by atoms with Crippen molar-refractivity contribution in [3.05, 3.63) is 22.2 Å². The number of ether oxygens (including phenoxy) is 3. The number of rotatable bonds is 5. The van der Waals surface area contributed by atoms with E-state index in [1.54, 1.807) is 0 Å². The average molecular weight is 399 g/mol. The number of nitrogens with one attached hydrogen (secondary N) is 1. The maximum atomic E-state index is 5.79. The first kappa shape index (κ1) is 18.0. The molecule has 0 amide bonds. The lowest BCUT2D eigenvalue weighted by atomic mass is 10.2. The summed E-state index contributed by atoms with van der Waals surface area (Å²) in [7, 11) is 0. The van der Waals surface area contributed by atoms with Gasteiger partial charge in [0.15, 0.2) is 11.5 Å². The third-order valence-electron chi connectivity index (χ3n) is 4.29. The molecular formula is C18H27BrN2O3. The van der Waals surface area contributed by atoms with E-state index in [4.69, 9.17) is 14.2 Å². The second kappa shape index (κ2) is 8.52. The summed E-state index contributed by atoms with van der Waals surface area (Å²) in [4.78, 5) is 2.47. The molecule has 0 aromatic heterocycles. The van der Waals surface area contributed by atoms with E-state index < -0.39 is 0 Å². The SMILES string of the molecule is CC1CN(CCNCc2cc(Br)c3c(c2)OCCCO3)CC(C)O1. The van der Waals surface area contributed by atoms with Gasteiger partial charge in [0, 0.05) is 39.1 Å². The molecule has 1 aromatic rings. The van der Waals surface area contributed by atoms with Gasteiger partial charge in [-0.05, 0) is 47.5 Å². The summed E-state index contributed by atoms with van der Waals surface area (Å²) >= 11 is 3.60. The van der Waals surface area contributed by atoms with Crippen LogP contribution >= 0.6 is 15.9 Å². The molecule has 2 heterocycles. The first-order valence-electron chi connectivity index (χ1n) is 8.78. The fraction of sp³-hybridized carbons (Fsp3) is 0.667. The highest BCUT2D eigenvalue weighted by Gasteiger charge is 2.21. The maximum absolute atomic E-state index is 5.79. The number of morpholine rings is 1. The van der Waals surface area contributed by atoms with Crippen LogP contribution in [0.25, 0.3) is 0 Å². The summed E-state index contributed by atoms with van der Waals surface area (Å²) in [5, 5.41) is 3.53. The van der Waals surface area contributed by atoms with Crippen LogP contribution < -0.4 is 14.8 Å². The molecule has 3 rings (SSSR count). The molecule has 1 N–H and O–H groups in total. The summed E-state index contributed by atoms with van der Waals surface area (Å²) in [6.45, 7) is 10.6. The lowest BCUT2D eigenvalue weighted by Crippen LogP contribution is -2.47. The van der Waals surface area contributed by atoms with Crippen LogP contribution in [-0.4, -0.2) is 56.5 Å². The Bertz CT molecular complexity index is 545. The molecule has 24 heavy (non-hydrogen) atoms. The second-order valence-corrected chi connectivity index (χ2v) is 7.50. The van der Waals surface area contributed by atoms with E-state index in [1.807, 2.05) is 0 Å². The molecular weight excluding hydrogens is 372 g/mol. The lowest BCUT2D eigenvalue weighted by molar-refractivity contribution is -0.0674. The first-order valence-corrected chi connectivity index (χ1v) is 9.57. The molecule has 5 nitrogen and oxygen atoms in total. The number of nitrogens with zero attached hydrogens (tertiary/aromatic N) is 1. The Balaban J connectivity index is 1.48. The van der Waals surface area contributed by atoms with Gasteiger partial charge in [0.05, 0.1) is 29.9 Å². The Morgan fingerprint density at radius 1 is 1.17 bits per heavy atom. The number of fused-ring (bicyclic) bond motifs is 1. The predicted molar refractivity (Wildman–Crippen MR) is 97.9 cm³/mol. The predicted octanol–water partition coefficient (Wildman–Crippen LogP) is 2.81. The molecule has 2 aliphatic heterocycles. The van der Waals surface area contributed by atoms with Crippen molar-refractivity contribution in [3.8, 4) is 11.5 Å². The van der Waals surface area contributed by atoms with Crippen LogP contribution in [0, 0.1) is 0 Å². The Labute approximate surface area is 152 Å². The van der Waals surface area contributed by atoms with Crippen molar-refractivity contribution in [2.24, 2.45) is 0 Å². The van der Waals surface area contributed by atoms with Crippen molar-refractivity contribution in [1.29, 1.82) is 0 Å². The van der Waals surface area contributed by atoms with Crippen LogP contribution in [0.15, 0.2) is 16.6 Å². The average Bonchev–Trinajstić information content (AvgIpc) is 2.76. The molecule has 1 fully saturated rings. The molecule has 0 spiro atoms. The Kier molecular flexibility index (Phi) is 6.38. The molecule has 2 aliphatic rings. The summed E-state index contributed by atoms with van der Waals surface area (Å²) in [5.41, 5.74) is 1.20. The summed E-state index contributed by atoms with van der Waals surface area (Å²) in [5.74, 6) is 1.67. The fourth-order valence-corrected chi connectivity index (χ4v) is 3.93. The van der Waals surface area contributed by atoms with Gasteiger partial charge in [-0.2, -0.15) is 0 Å². The zero-order valence-electron chi connectivity index (χ0n) is 14.5. The molecule has 1 aromatic carbocycles. The van der Waals surface area contributed by atoms with Gasteiger partial charge >= 0.3 is 0 Å². The third-order valence-corrected chi connectivity index (χ3v) is 4.88. The number of hydrogen-bond donors (Lipinski definition) is 1. The van der Waals surface area contributed by atoms with Gasteiger partial charge in [0.25, 0.3) is 0 Å². The Hall–Kier alpha value is -0.820. The minimum absolute atomic E-state index is 0.325. The van der Waals surface area contributed by atoms with Crippen LogP contribution in [0.2, 0.25) is 0 Å². The van der Waals surface area contributed by atoms with Gasteiger partial charge in [-0.25, -0.2) is 0 Å². The number of benzene rings is 1. The van der Waals surface area contributed by atoms with Crippen LogP contribution in [0.4, 0.5) is 0 Å². The van der Waals surface area contributed by atoms with Gasteiger partial charge in [-0.3, -0.25) is 4.90 Å². The van der Waals surface area contributed by atoms with E-state index >= 15 is 0 Å². The van der Waals surface area contributed by atoms with E-state index in [1.165, 1.54) is 5.56 Å². The molecule has 2 unspecified atom stereocenters. The normalized spacial score (nSPS) is 24.6. The molecule has 1 saturated heterocycles. The van der Waals surface area contributed by atoms with Crippen molar-refractivity contribution in [1.82, 2.24) is 10.2 Å². The molecule has 2 atom stereocenters. The molecule has 6 heteroatoms. The highest BCUT2D eigenvalue weighted by molar-refractivity contribution is 9.10. The van der Waals surface area contributed by atoms with Crippen LogP contribution in [-0.2, 0) is 11.3 Å². The van der Waals surface area contributed by atoms with Gasteiger partial charge in [0.1, 0.15) is 0 Å². The number of hydrogen-bond acceptors (Lipinski definition) is 5. The van der Waals surface area contributed by atoms with E-state index in [-0.39, 0.29) is 0 Å². The lowest BCUT2D eigenvalue weighted by Gasteiger charge is -2.35. The zero-order chi connectivity index (χ0) is 16.9. The molecule has 0 saturated carbocycles. The monoisotopic (exact) mass is 398 g/mol. The van der Waals surface area contributed by atoms with E-state index in [2.05, 4.69) is 52.1 Å². The van der Waals surface area contributed by atoms with Crippen molar-refractivity contribution >= 4 is 15.9 Å². The topological polar surface area (TPSA) is 43.0 Å². The molecule has 0 aliphatic carbocycles. The summed E-state index contributed by atoms with van der Waals surface area (Å²) < 4.78 is 18.3. The van der Waals surface area contributed by atoms with Gasteiger partial charge in [-0.1, -0.05) is 0 Å². The van der Waals surface area contributed by atoms with Crippen LogP contribution in [0.3, 0.4) is 0 Å². The highest BCUT2D eigenvalue weighted by atomic mass is 79.9. The van der Waals surface area contributed by atoms with Gasteiger partial charge < -0.3 is 19.5 Å². The van der Waals surface area contributed by atoms with Gasteiger partial charge in [-0.15, -0.1) is 0 Å². The van der Waals surface area contributed by atoms with E-state index in [0.717, 1.165) is 55.1 Å². The Morgan fingerprint density at radius 3 is 2.71 bits per heavy atom. The fourth-order valence-electron chi connectivity index (χ4n) is 3.32. The standard InChI is InChI=1S/C18H27BrN2O3/c1-13-11-21(12-14(2)24-13)5-4-20-10-15-8-16(19)18-17(9-15)22-6-3-7-23-18/h8-9,13-14,20H,3-7,10-12H2,1-2H3. The Morgan fingerprint density at radius 2 is 1.92 bits per heavy atom. The molecule has 0 bridgehead atoms. The first-order chi connectivity index (χ1) is 11.6. The quantitative estimate of drug-likeness (QED) is 0.772. The van der Waals surface area contributed by atoms with E-state index in [0.29, 0.717) is 25.4 Å². The smallest absolute Gasteiger partial charge is 0.175 e. The largest absolute Gasteiger partial charge is 0.490 e. The summed E-state index contributed by atoms with van der Waals surface area (Å²) in [6.07, 6.45) is 1.57. The minimum Gasteiger partial charge on any atom is -0.490 e. The highest BCUT2D eigenvalue weighted by Crippen LogP contribution is 2.38. The van der Waals surface area contributed by atoms with Crippen LogP contribution in [0.5, 0.6) is 11.5 Å². The maximum Gasteiger partial charge on any atom is 0.175 e. The van der Waals surface area contributed by atoms with Crippen molar-refractivity contribution < 1.29 is 14.2 Å². The van der Waals surface area contributed by atoms with Gasteiger partial charge in [0.2, 0.25) is 0 Å².